The number of carbonyl (C=O) groups is 1. The number of methoxy groups -OCH3 is 2. The Bertz CT molecular complexity index is 1360. The highest BCUT2D eigenvalue weighted by Crippen LogP contribution is 2.41. The number of hydrogen-bond acceptors (Lipinski definition) is 8. The highest BCUT2D eigenvalue weighted by Gasteiger charge is 2.38. The van der Waals surface area contributed by atoms with Gasteiger partial charge in [-0.15, -0.1) is 0 Å². The molecule has 1 atom stereocenters. The van der Waals surface area contributed by atoms with Crippen LogP contribution in [0.5, 0.6) is 17.2 Å². The van der Waals surface area contributed by atoms with E-state index in [0.717, 1.165) is 5.56 Å². The van der Waals surface area contributed by atoms with E-state index in [1.54, 1.807) is 56.3 Å². The quantitative estimate of drug-likeness (QED) is 0.478. The number of carbonyl (C=O) groups excluding carboxylic acids is 1. The average molecular weight is 492 g/mol. The molecule has 0 bridgehead atoms. The Labute approximate surface area is 209 Å². The first kappa shape index (κ1) is 24.8. The highest BCUT2D eigenvalue weighted by molar-refractivity contribution is 5.92. The zero-order valence-corrected chi connectivity index (χ0v) is 20.7. The van der Waals surface area contributed by atoms with Gasteiger partial charge in [-0.25, -0.2) is 4.79 Å². The van der Waals surface area contributed by atoms with Crippen molar-refractivity contribution in [3.63, 3.8) is 0 Å². The third-order valence-electron chi connectivity index (χ3n) is 6.18. The van der Waals surface area contributed by atoms with Gasteiger partial charge in [0.25, 0.3) is 5.56 Å². The molecule has 0 saturated carbocycles. The molecule has 36 heavy (non-hydrogen) atoms. The third-order valence-corrected chi connectivity index (χ3v) is 6.18. The van der Waals surface area contributed by atoms with E-state index in [4.69, 9.17) is 24.7 Å². The molecule has 1 aliphatic heterocycles. The Morgan fingerprint density at radius 2 is 1.83 bits per heavy atom. The van der Waals surface area contributed by atoms with Crippen LogP contribution in [-0.4, -0.2) is 36.3 Å². The van der Waals surface area contributed by atoms with Crippen LogP contribution in [0.15, 0.2) is 65.0 Å². The molecule has 0 aliphatic carbocycles. The number of ether oxygens (including phenoxy) is 4. The van der Waals surface area contributed by atoms with E-state index in [1.165, 1.54) is 0 Å². The van der Waals surface area contributed by atoms with Crippen LogP contribution in [0, 0.1) is 6.92 Å². The standard InChI is InChI=1S/C27H29N3O6/c1-5-35-27(32)24-22(18-8-11-29-12-9-18)23-21(36-25(24)28)14-16(2)30(26(23)31)13-10-17-6-7-19(33-3)20(15-17)34-4/h6-9,11-12,14-15,22H,5,10,13,28H2,1-4H3/t22-/m0/s1. The van der Waals surface area contributed by atoms with Crippen molar-refractivity contribution >= 4 is 5.97 Å². The summed E-state index contributed by atoms with van der Waals surface area (Å²) in [5, 5.41) is 0. The summed E-state index contributed by atoms with van der Waals surface area (Å²) in [6.45, 7) is 4.11. The van der Waals surface area contributed by atoms with Crippen molar-refractivity contribution in [2.24, 2.45) is 5.73 Å². The largest absolute Gasteiger partial charge is 0.493 e. The molecule has 0 fully saturated rings. The van der Waals surface area contributed by atoms with Crippen molar-refractivity contribution in [3.8, 4) is 17.2 Å². The molecule has 0 amide bonds. The maximum atomic E-state index is 13.9. The summed E-state index contributed by atoms with van der Waals surface area (Å²) in [5.41, 5.74) is 8.73. The Morgan fingerprint density at radius 3 is 2.50 bits per heavy atom. The van der Waals surface area contributed by atoms with Gasteiger partial charge in [-0.2, -0.15) is 0 Å². The van der Waals surface area contributed by atoms with Gasteiger partial charge in [0.05, 0.1) is 32.3 Å². The van der Waals surface area contributed by atoms with Crippen LogP contribution in [-0.2, 0) is 22.5 Å². The molecule has 3 aromatic rings. The van der Waals surface area contributed by atoms with E-state index >= 15 is 0 Å². The van der Waals surface area contributed by atoms with Crippen LogP contribution >= 0.6 is 0 Å². The van der Waals surface area contributed by atoms with Gasteiger partial charge >= 0.3 is 5.97 Å². The lowest BCUT2D eigenvalue weighted by Crippen LogP contribution is -2.35. The minimum atomic E-state index is -0.753. The fourth-order valence-electron chi connectivity index (χ4n) is 4.44. The van der Waals surface area contributed by atoms with Crippen molar-refractivity contribution in [2.45, 2.75) is 32.7 Å². The van der Waals surface area contributed by atoms with Crippen LogP contribution in [0.25, 0.3) is 0 Å². The summed E-state index contributed by atoms with van der Waals surface area (Å²) < 4.78 is 23.4. The third kappa shape index (κ3) is 4.64. The first-order valence-corrected chi connectivity index (χ1v) is 11.6. The number of aromatic nitrogens is 2. The van der Waals surface area contributed by atoms with E-state index in [9.17, 15) is 9.59 Å². The number of fused-ring (bicyclic) bond motifs is 1. The number of nitrogens with zero attached hydrogens (tertiary/aromatic N) is 2. The Kier molecular flexibility index (Phi) is 7.28. The second-order valence-electron chi connectivity index (χ2n) is 8.27. The summed E-state index contributed by atoms with van der Waals surface area (Å²) >= 11 is 0. The van der Waals surface area contributed by atoms with E-state index in [-0.39, 0.29) is 23.6 Å². The zero-order valence-electron chi connectivity index (χ0n) is 20.7. The number of rotatable bonds is 8. The maximum absolute atomic E-state index is 13.9. The second-order valence-corrected chi connectivity index (χ2v) is 8.27. The fraction of sp³-hybridized carbons (Fsp3) is 0.296. The van der Waals surface area contributed by atoms with E-state index in [1.807, 2.05) is 25.1 Å². The van der Waals surface area contributed by atoms with Gasteiger partial charge in [-0.1, -0.05) is 6.07 Å². The number of esters is 1. The van der Waals surface area contributed by atoms with Gasteiger partial charge in [0, 0.05) is 30.7 Å². The van der Waals surface area contributed by atoms with Crippen molar-refractivity contribution < 1.29 is 23.7 Å². The van der Waals surface area contributed by atoms with Gasteiger partial charge in [0.2, 0.25) is 5.88 Å². The topological polar surface area (TPSA) is 115 Å². The molecule has 188 valence electrons. The summed E-state index contributed by atoms with van der Waals surface area (Å²) in [4.78, 5) is 30.9. The molecule has 1 aliphatic rings. The fourth-order valence-corrected chi connectivity index (χ4v) is 4.44. The van der Waals surface area contributed by atoms with Crippen LogP contribution in [0.3, 0.4) is 0 Å². The SMILES string of the molecule is CCOC(=O)C1=C(N)Oc2cc(C)n(CCc3ccc(OC)c(OC)c3)c(=O)c2[C@@H]1c1ccncc1. The summed E-state index contributed by atoms with van der Waals surface area (Å²) in [7, 11) is 3.17. The van der Waals surface area contributed by atoms with Gasteiger partial charge in [0.1, 0.15) is 11.3 Å². The normalized spacial score (nSPS) is 14.6. The van der Waals surface area contributed by atoms with Gasteiger partial charge < -0.3 is 29.2 Å². The zero-order chi connectivity index (χ0) is 25.8. The van der Waals surface area contributed by atoms with Crippen molar-refractivity contribution in [2.75, 3.05) is 20.8 Å². The monoisotopic (exact) mass is 491 g/mol. The molecule has 0 radical (unpaired) electrons. The summed E-state index contributed by atoms with van der Waals surface area (Å²) in [5.74, 6) is 0.124. The Morgan fingerprint density at radius 1 is 1.11 bits per heavy atom. The molecule has 3 heterocycles. The molecule has 1 aromatic carbocycles. The van der Waals surface area contributed by atoms with Gasteiger partial charge in [-0.3, -0.25) is 9.78 Å². The summed E-state index contributed by atoms with van der Waals surface area (Å²) in [6.07, 6.45) is 3.78. The lowest BCUT2D eigenvalue weighted by molar-refractivity contribution is -0.139. The van der Waals surface area contributed by atoms with E-state index in [0.29, 0.717) is 47.0 Å². The van der Waals surface area contributed by atoms with Crippen LogP contribution < -0.4 is 25.5 Å². The Hall–Kier alpha value is -4.27. The lowest BCUT2D eigenvalue weighted by Gasteiger charge is -2.29. The average Bonchev–Trinajstić information content (AvgIpc) is 2.88. The van der Waals surface area contributed by atoms with Gasteiger partial charge in [-0.05, 0) is 55.7 Å². The molecule has 4 rings (SSSR count). The molecular weight excluding hydrogens is 462 g/mol. The minimum Gasteiger partial charge on any atom is -0.493 e. The minimum absolute atomic E-state index is 0.0790. The number of hydrogen-bond donors (Lipinski definition) is 1. The van der Waals surface area contributed by atoms with Crippen LogP contribution in [0.1, 0.15) is 35.2 Å². The van der Waals surface area contributed by atoms with E-state index < -0.39 is 11.9 Å². The summed E-state index contributed by atoms with van der Waals surface area (Å²) in [6, 6.07) is 10.9. The first-order valence-electron chi connectivity index (χ1n) is 11.6. The second kappa shape index (κ2) is 10.6. The van der Waals surface area contributed by atoms with E-state index in [2.05, 4.69) is 4.98 Å². The predicted molar refractivity (Wildman–Crippen MR) is 133 cm³/mol. The van der Waals surface area contributed by atoms with Crippen molar-refractivity contribution in [1.82, 2.24) is 9.55 Å². The molecule has 9 heteroatoms. The number of pyridine rings is 2. The molecule has 0 unspecified atom stereocenters. The van der Waals surface area contributed by atoms with Gasteiger partial charge in [0.15, 0.2) is 11.5 Å². The maximum Gasteiger partial charge on any atom is 0.340 e. The molecular formula is C27H29N3O6. The number of nitrogens with two attached hydrogens (primary N) is 1. The number of benzene rings is 1. The molecule has 2 N–H and O–H groups in total. The Balaban J connectivity index is 1.78. The lowest BCUT2D eigenvalue weighted by atomic mass is 9.83. The predicted octanol–water partition coefficient (Wildman–Crippen LogP) is 3.07. The van der Waals surface area contributed by atoms with Crippen molar-refractivity contribution in [3.05, 3.63) is 93.0 Å². The van der Waals surface area contributed by atoms with Crippen LogP contribution in [0.4, 0.5) is 0 Å². The molecule has 2 aromatic heterocycles. The van der Waals surface area contributed by atoms with Crippen LogP contribution in [0.2, 0.25) is 0 Å². The van der Waals surface area contributed by atoms with Crippen molar-refractivity contribution in [1.29, 1.82) is 0 Å². The molecule has 0 saturated heterocycles. The highest BCUT2D eigenvalue weighted by atomic mass is 16.5. The smallest absolute Gasteiger partial charge is 0.340 e. The molecule has 0 spiro atoms. The first-order chi connectivity index (χ1) is 17.4. The molecule has 9 nitrogen and oxygen atoms in total. The number of aryl methyl sites for hydroxylation is 2.